The lowest BCUT2D eigenvalue weighted by molar-refractivity contribution is -0.112. The minimum atomic E-state index is -1.00. The number of benzene rings is 1. The van der Waals surface area contributed by atoms with Crippen LogP contribution in [0.15, 0.2) is 46.8 Å². The maximum atomic E-state index is 12.5. The summed E-state index contributed by atoms with van der Waals surface area (Å²) < 4.78 is 13.8. The number of carbonyl (C=O) groups excluding carboxylic acids is 1. The highest BCUT2D eigenvalue weighted by Crippen LogP contribution is 2.43. The molecule has 0 saturated carbocycles. The first-order valence-electron chi connectivity index (χ1n) is 12.9. The minimum Gasteiger partial charge on any atom is -0.386 e. The van der Waals surface area contributed by atoms with Gasteiger partial charge in [-0.25, -0.2) is 0 Å². The molecule has 0 amide bonds. The standard InChI is InChI=1S/C29H32N4O4/c1-16(34)11-22-28(18-7-9-36-10-8-18)33-23-13-20(29(3,4)35)5-6-21(23)27-24(33)12-19(14-31-27)26-17(2)32-37-25(26)15-30-22/h5-6,11-14,18,28,30,35H,7-10,15H2,1-4H3. The summed E-state index contributed by atoms with van der Waals surface area (Å²) >= 11 is 0. The van der Waals surface area contributed by atoms with Crippen molar-refractivity contribution in [3.8, 4) is 11.1 Å². The van der Waals surface area contributed by atoms with Gasteiger partial charge < -0.3 is 24.3 Å². The Hall–Kier alpha value is -3.49. The van der Waals surface area contributed by atoms with Gasteiger partial charge in [0.25, 0.3) is 0 Å². The Morgan fingerprint density at radius 1 is 1.22 bits per heavy atom. The van der Waals surface area contributed by atoms with Crippen molar-refractivity contribution < 1.29 is 19.2 Å². The average Bonchev–Trinajstić information content (AvgIpc) is 3.39. The second kappa shape index (κ2) is 8.82. The van der Waals surface area contributed by atoms with Gasteiger partial charge in [-0.3, -0.25) is 9.78 Å². The molecular formula is C29H32N4O4. The van der Waals surface area contributed by atoms with Gasteiger partial charge >= 0.3 is 0 Å². The Morgan fingerprint density at radius 3 is 2.73 bits per heavy atom. The van der Waals surface area contributed by atoms with Crippen molar-refractivity contribution in [2.24, 2.45) is 5.92 Å². The number of nitrogens with zero attached hydrogens (tertiary/aromatic N) is 3. The van der Waals surface area contributed by atoms with E-state index in [0.717, 1.165) is 62.9 Å². The number of aliphatic hydroxyl groups is 1. The lowest BCUT2D eigenvalue weighted by Crippen LogP contribution is -2.33. The van der Waals surface area contributed by atoms with E-state index in [1.165, 1.54) is 0 Å². The zero-order valence-corrected chi connectivity index (χ0v) is 21.7. The second-order valence-electron chi connectivity index (χ2n) is 10.8. The van der Waals surface area contributed by atoms with Crippen molar-refractivity contribution in [3.05, 3.63) is 59.3 Å². The van der Waals surface area contributed by atoms with Gasteiger partial charge in [-0.15, -0.1) is 0 Å². The zero-order valence-electron chi connectivity index (χ0n) is 21.7. The monoisotopic (exact) mass is 500 g/mol. The van der Waals surface area contributed by atoms with E-state index in [9.17, 15) is 9.90 Å². The van der Waals surface area contributed by atoms with Crippen LogP contribution < -0.4 is 5.32 Å². The van der Waals surface area contributed by atoms with E-state index in [2.05, 4.69) is 27.2 Å². The first kappa shape index (κ1) is 23.9. The molecule has 2 aliphatic heterocycles. The molecule has 0 aliphatic carbocycles. The highest BCUT2D eigenvalue weighted by molar-refractivity contribution is 6.07. The zero-order chi connectivity index (χ0) is 25.9. The maximum Gasteiger partial charge on any atom is 0.163 e. The van der Waals surface area contributed by atoms with Crippen LogP contribution in [0.2, 0.25) is 0 Å². The van der Waals surface area contributed by atoms with Gasteiger partial charge in [0, 0.05) is 42.1 Å². The molecule has 2 bridgehead atoms. The van der Waals surface area contributed by atoms with Gasteiger partial charge in [0.15, 0.2) is 11.5 Å². The van der Waals surface area contributed by atoms with E-state index in [0.29, 0.717) is 25.5 Å². The van der Waals surface area contributed by atoms with Gasteiger partial charge in [0.05, 0.1) is 46.0 Å². The Kier molecular flexibility index (Phi) is 5.69. The molecular weight excluding hydrogens is 468 g/mol. The predicted octanol–water partition coefficient (Wildman–Crippen LogP) is 4.92. The molecule has 8 heteroatoms. The number of hydrogen-bond donors (Lipinski definition) is 2. The summed E-state index contributed by atoms with van der Waals surface area (Å²) in [6.07, 6.45) is 5.33. The molecule has 192 valence electrons. The van der Waals surface area contributed by atoms with Gasteiger partial charge in [-0.2, -0.15) is 0 Å². The minimum absolute atomic E-state index is 0.0256. The van der Waals surface area contributed by atoms with Crippen molar-refractivity contribution >= 4 is 27.7 Å². The third kappa shape index (κ3) is 4.04. The summed E-state index contributed by atoms with van der Waals surface area (Å²) in [6.45, 7) is 8.86. The van der Waals surface area contributed by atoms with E-state index in [1.54, 1.807) is 26.8 Å². The van der Waals surface area contributed by atoms with E-state index in [1.807, 2.05) is 25.3 Å². The lowest BCUT2D eigenvalue weighted by atomic mass is 9.88. The van der Waals surface area contributed by atoms with Gasteiger partial charge in [-0.1, -0.05) is 17.3 Å². The number of aryl methyl sites for hydroxylation is 1. The molecule has 2 aliphatic rings. The van der Waals surface area contributed by atoms with Gasteiger partial charge in [-0.05, 0) is 64.2 Å². The number of allylic oxidation sites excluding steroid dienone is 2. The van der Waals surface area contributed by atoms with Crippen molar-refractivity contribution in [1.29, 1.82) is 0 Å². The highest BCUT2D eigenvalue weighted by atomic mass is 16.5. The number of fused-ring (bicyclic) bond motifs is 6. The molecule has 6 rings (SSSR count). The van der Waals surface area contributed by atoms with Crippen LogP contribution in [0.3, 0.4) is 0 Å². The molecule has 3 aromatic heterocycles. The number of aromatic nitrogens is 3. The van der Waals surface area contributed by atoms with E-state index < -0.39 is 5.60 Å². The van der Waals surface area contributed by atoms with E-state index in [4.69, 9.17) is 14.2 Å². The molecule has 37 heavy (non-hydrogen) atoms. The first-order chi connectivity index (χ1) is 17.7. The van der Waals surface area contributed by atoms with Crippen molar-refractivity contribution in [2.45, 2.75) is 58.7 Å². The normalized spacial score (nSPS) is 19.9. The highest BCUT2D eigenvalue weighted by Gasteiger charge is 2.34. The number of nitrogens with one attached hydrogen (secondary N) is 1. The Morgan fingerprint density at radius 2 is 2.00 bits per heavy atom. The van der Waals surface area contributed by atoms with Crippen molar-refractivity contribution in [1.82, 2.24) is 20.0 Å². The average molecular weight is 501 g/mol. The summed E-state index contributed by atoms with van der Waals surface area (Å²) in [7, 11) is 0. The topological polar surface area (TPSA) is 102 Å². The number of pyridine rings is 1. The molecule has 8 nitrogen and oxygen atoms in total. The number of ketones is 1. The van der Waals surface area contributed by atoms with Crippen molar-refractivity contribution in [2.75, 3.05) is 13.2 Å². The Labute approximate surface area is 215 Å². The predicted molar refractivity (Wildman–Crippen MR) is 141 cm³/mol. The third-order valence-corrected chi connectivity index (χ3v) is 7.69. The molecule has 1 saturated heterocycles. The molecule has 0 radical (unpaired) electrons. The van der Waals surface area contributed by atoms with Crippen LogP contribution in [0.4, 0.5) is 0 Å². The molecule has 1 aromatic carbocycles. The molecule has 2 N–H and O–H groups in total. The SMILES string of the molecule is CC(=O)C=C1NCc2onc(C)c2-c2cnc3c4ccc(C(C)(C)O)cc4n(c3c2)C1C1CCOCC1. The largest absolute Gasteiger partial charge is 0.386 e. The quantitative estimate of drug-likeness (QED) is 0.385. The lowest BCUT2D eigenvalue weighted by Gasteiger charge is -2.35. The van der Waals surface area contributed by atoms with Crippen LogP contribution in [-0.2, 0) is 21.7 Å². The van der Waals surface area contributed by atoms with Crippen molar-refractivity contribution in [3.63, 3.8) is 0 Å². The summed E-state index contributed by atoms with van der Waals surface area (Å²) in [5.74, 6) is 0.922. The van der Waals surface area contributed by atoms with Crippen LogP contribution in [0.25, 0.3) is 33.1 Å². The number of hydrogen-bond acceptors (Lipinski definition) is 7. The number of rotatable bonds is 3. The number of carbonyl (C=O) groups is 1. The van der Waals surface area contributed by atoms with Gasteiger partial charge in [0.2, 0.25) is 0 Å². The fourth-order valence-electron chi connectivity index (χ4n) is 5.91. The third-order valence-electron chi connectivity index (χ3n) is 7.69. The van der Waals surface area contributed by atoms with Crippen LogP contribution in [0.5, 0.6) is 0 Å². The molecule has 1 unspecified atom stereocenters. The molecule has 0 spiro atoms. The summed E-state index contributed by atoms with van der Waals surface area (Å²) in [4.78, 5) is 17.5. The Balaban J connectivity index is 1.74. The summed E-state index contributed by atoms with van der Waals surface area (Å²) in [5, 5.41) is 19.7. The molecule has 1 fully saturated rings. The molecule has 5 heterocycles. The fraction of sp³-hybridized carbons (Fsp3) is 0.414. The Bertz CT molecular complexity index is 1550. The van der Waals surface area contributed by atoms with Crippen LogP contribution in [-0.4, -0.2) is 38.8 Å². The molecule has 4 aromatic rings. The second-order valence-corrected chi connectivity index (χ2v) is 10.8. The van der Waals surface area contributed by atoms with Crippen LogP contribution in [0.1, 0.15) is 56.7 Å². The fourth-order valence-corrected chi connectivity index (χ4v) is 5.91. The summed E-state index contributed by atoms with van der Waals surface area (Å²) in [6, 6.07) is 8.09. The van der Waals surface area contributed by atoms with Gasteiger partial charge in [0.1, 0.15) is 0 Å². The summed E-state index contributed by atoms with van der Waals surface area (Å²) in [5.41, 5.74) is 6.15. The van der Waals surface area contributed by atoms with E-state index in [-0.39, 0.29) is 17.7 Å². The maximum absolute atomic E-state index is 12.5. The van der Waals surface area contributed by atoms with Crippen LogP contribution >= 0.6 is 0 Å². The molecule has 1 atom stereocenters. The van der Waals surface area contributed by atoms with E-state index >= 15 is 0 Å². The first-order valence-corrected chi connectivity index (χ1v) is 12.9. The smallest absolute Gasteiger partial charge is 0.163 e. The van der Waals surface area contributed by atoms with Crippen LogP contribution in [0, 0.1) is 12.8 Å². The number of ether oxygens (including phenoxy) is 1.